The summed E-state index contributed by atoms with van der Waals surface area (Å²) in [5, 5.41) is 8.03. The average Bonchev–Trinajstić information content (AvgIpc) is 3.75. The van der Waals surface area contributed by atoms with Crippen LogP contribution in [0.15, 0.2) is 255 Å². The van der Waals surface area contributed by atoms with Gasteiger partial charge in [0.1, 0.15) is 8.07 Å². The molecular weight excluding hydrogens is 861 g/mol. The highest BCUT2D eigenvalue weighted by molar-refractivity contribution is 7.01. The van der Waals surface area contributed by atoms with Crippen molar-refractivity contribution < 1.29 is 0 Å². The van der Waals surface area contributed by atoms with E-state index < -0.39 is 13.5 Å². The molecule has 2 aliphatic rings. The van der Waals surface area contributed by atoms with Crippen LogP contribution in [-0.4, -0.2) is 12.6 Å². The van der Waals surface area contributed by atoms with Crippen LogP contribution in [0, 0.1) is 0 Å². The van der Waals surface area contributed by atoms with E-state index in [9.17, 15) is 0 Å². The first-order valence-electron chi connectivity index (χ1n) is 24.5. The molecule has 2 nitrogen and oxygen atoms in total. The number of aromatic nitrogens is 1. The van der Waals surface area contributed by atoms with Gasteiger partial charge in [-0.3, -0.25) is 0 Å². The highest BCUT2D eigenvalue weighted by Crippen LogP contribution is 2.57. The zero-order valence-corrected chi connectivity index (χ0v) is 40.1. The summed E-state index contributed by atoms with van der Waals surface area (Å²) in [7, 11) is -2.37. The van der Waals surface area contributed by atoms with E-state index in [1.807, 2.05) is 0 Å². The molecule has 11 aromatic carbocycles. The van der Waals surface area contributed by atoms with Crippen molar-refractivity contribution in [1.82, 2.24) is 4.57 Å². The van der Waals surface area contributed by atoms with Crippen LogP contribution in [0.25, 0.3) is 71.6 Å². The molecule has 0 fully saturated rings. The number of benzene rings is 11. The minimum Gasteiger partial charge on any atom is -0.310 e. The van der Waals surface area contributed by atoms with E-state index in [1.54, 1.807) is 0 Å². The van der Waals surface area contributed by atoms with Crippen molar-refractivity contribution in [1.29, 1.82) is 0 Å². The van der Waals surface area contributed by atoms with E-state index in [0.29, 0.717) is 0 Å². The average molecular weight is 909 g/mol. The molecule has 0 saturated heterocycles. The highest BCUT2D eigenvalue weighted by Gasteiger charge is 2.52. The van der Waals surface area contributed by atoms with E-state index in [2.05, 4.69) is 277 Å². The summed E-state index contributed by atoms with van der Waals surface area (Å²) >= 11 is 0. The molecule has 0 bridgehead atoms. The monoisotopic (exact) mass is 908 g/mol. The maximum atomic E-state index is 2.59. The second-order valence-corrected chi connectivity index (χ2v) is 23.9. The Morgan fingerprint density at radius 3 is 1.74 bits per heavy atom. The molecule has 1 spiro atoms. The lowest BCUT2D eigenvalue weighted by Gasteiger charge is -2.50. The van der Waals surface area contributed by atoms with Gasteiger partial charge in [0.25, 0.3) is 0 Å². The molecule has 0 radical (unpaired) electrons. The van der Waals surface area contributed by atoms with Crippen LogP contribution in [-0.2, 0) is 5.41 Å². The van der Waals surface area contributed by atoms with E-state index in [1.165, 1.54) is 98.6 Å². The third-order valence-corrected chi connectivity index (χ3v) is 19.2. The van der Waals surface area contributed by atoms with E-state index in [0.717, 1.165) is 22.7 Å². The van der Waals surface area contributed by atoms with Gasteiger partial charge in [-0.1, -0.05) is 219 Å². The fourth-order valence-electron chi connectivity index (χ4n) is 12.7. The number of para-hydroxylation sites is 3. The molecule has 0 saturated carbocycles. The van der Waals surface area contributed by atoms with Gasteiger partial charge >= 0.3 is 0 Å². The van der Waals surface area contributed by atoms with Crippen molar-refractivity contribution in [2.45, 2.75) is 18.5 Å². The van der Waals surface area contributed by atoms with Gasteiger partial charge in [0, 0.05) is 33.3 Å². The van der Waals surface area contributed by atoms with Gasteiger partial charge in [0.15, 0.2) is 0 Å². The minimum absolute atomic E-state index is 0.513. The predicted molar refractivity (Wildman–Crippen MR) is 298 cm³/mol. The molecule has 0 N–H and O–H groups in total. The summed E-state index contributed by atoms with van der Waals surface area (Å²) in [6, 6.07) is 95.5. The molecule has 70 heavy (non-hydrogen) atoms. The van der Waals surface area contributed by atoms with Crippen LogP contribution in [0.5, 0.6) is 0 Å². The lowest BCUT2D eigenvalue weighted by molar-refractivity contribution is 0.754. The van der Waals surface area contributed by atoms with E-state index in [-0.39, 0.29) is 0 Å². The molecule has 12 aromatic rings. The van der Waals surface area contributed by atoms with Gasteiger partial charge in [-0.15, -0.1) is 0 Å². The standard InChI is InChI=1S/C67H48N2Si/c1-70(2)64-38-18-14-33-57(64)67(56-32-13-9-29-52(56)54-31-19-25-47-26-20-34-59(67)66(47)54)58-41-39-49(44-65(58)70)68(60-35-15-10-27-50(60)45-21-5-3-6-22-45)48-40-42-63-55(43-48)53-30-12-17-37-62(53)69(63)61-36-16-11-28-51(61)46-23-7-4-8-24-46/h3-44H,1-2H3. The molecule has 0 amide bonds. The van der Waals surface area contributed by atoms with Crippen molar-refractivity contribution in [2.75, 3.05) is 4.90 Å². The third-order valence-electron chi connectivity index (χ3n) is 15.6. The second kappa shape index (κ2) is 15.5. The number of hydrogen-bond donors (Lipinski definition) is 0. The number of nitrogens with zero attached hydrogens (tertiary/aromatic N) is 2. The van der Waals surface area contributed by atoms with Crippen LogP contribution in [0.1, 0.15) is 22.3 Å². The normalized spacial score (nSPS) is 15.2. The molecular formula is C67H48N2Si. The van der Waals surface area contributed by atoms with Crippen LogP contribution >= 0.6 is 0 Å². The first kappa shape index (κ1) is 40.6. The SMILES string of the molecule is C[Si]1(C)c2ccccc2C2(c3ccccc3-c3cccc4cccc2c34)c2ccc(N(c3ccc4c(c3)c3ccccc3n4-c3ccccc3-c3ccccc3)c3ccccc3-c3ccccc3)cc21. The zero-order valence-electron chi connectivity index (χ0n) is 39.1. The number of fused-ring (bicyclic) bond motifs is 11. The topological polar surface area (TPSA) is 8.17 Å². The fourth-order valence-corrected chi connectivity index (χ4v) is 15.9. The molecule has 14 rings (SSSR count). The van der Waals surface area contributed by atoms with Crippen molar-refractivity contribution in [2.24, 2.45) is 0 Å². The number of hydrogen-bond acceptors (Lipinski definition) is 1. The van der Waals surface area contributed by atoms with Crippen LogP contribution in [0.2, 0.25) is 13.1 Å². The fraction of sp³-hybridized carbons (Fsp3) is 0.0448. The van der Waals surface area contributed by atoms with Crippen molar-refractivity contribution >= 4 is 68.1 Å². The van der Waals surface area contributed by atoms with E-state index >= 15 is 0 Å². The lowest BCUT2D eigenvalue weighted by Crippen LogP contribution is -2.63. The number of rotatable bonds is 6. The minimum atomic E-state index is -2.37. The quantitative estimate of drug-likeness (QED) is 0.151. The Morgan fingerprint density at radius 2 is 0.929 bits per heavy atom. The Balaban J connectivity index is 1.05. The number of anilines is 3. The highest BCUT2D eigenvalue weighted by atomic mass is 28.3. The molecule has 3 heteroatoms. The molecule has 1 atom stereocenters. The lowest BCUT2D eigenvalue weighted by atomic mass is 9.59. The zero-order chi connectivity index (χ0) is 46.6. The maximum Gasteiger partial charge on any atom is 0.113 e. The molecule has 1 aliphatic heterocycles. The largest absolute Gasteiger partial charge is 0.310 e. The summed E-state index contributed by atoms with van der Waals surface area (Å²) in [6.07, 6.45) is 0. The van der Waals surface area contributed by atoms with Crippen molar-refractivity contribution in [3.05, 3.63) is 277 Å². The molecule has 1 aliphatic carbocycles. The van der Waals surface area contributed by atoms with Gasteiger partial charge in [0.05, 0.1) is 27.8 Å². The summed E-state index contributed by atoms with van der Waals surface area (Å²) in [5.41, 5.74) is 19.4. The van der Waals surface area contributed by atoms with Gasteiger partial charge < -0.3 is 9.47 Å². The van der Waals surface area contributed by atoms with Crippen LogP contribution < -0.4 is 15.3 Å². The summed E-state index contributed by atoms with van der Waals surface area (Å²) in [6.45, 7) is 5.14. The second-order valence-electron chi connectivity index (χ2n) is 19.6. The maximum absolute atomic E-state index is 2.59. The molecule has 330 valence electrons. The summed E-state index contributed by atoms with van der Waals surface area (Å²) in [4.78, 5) is 2.54. The molecule has 2 heterocycles. The molecule has 1 unspecified atom stereocenters. The Bertz CT molecular complexity index is 4050. The van der Waals surface area contributed by atoms with Gasteiger partial charge in [-0.05, 0) is 114 Å². The smallest absolute Gasteiger partial charge is 0.113 e. The van der Waals surface area contributed by atoms with Crippen LogP contribution in [0.3, 0.4) is 0 Å². The van der Waals surface area contributed by atoms with Gasteiger partial charge in [-0.2, -0.15) is 0 Å². The Morgan fingerprint density at radius 1 is 0.371 bits per heavy atom. The first-order chi connectivity index (χ1) is 34.5. The molecule has 1 aromatic heterocycles. The Kier molecular flexibility index (Phi) is 8.99. The summed E-state index contributed by atoms with van der Waals surface area (Å²) < 4.78 is 2.46. The Labute approximate surface area is 410 Å². The van der Waals surface area contributed by atoms with E-state index in [4.69, 9.17) is 0 Å². The van der Waals surface area contributed by atoms with Crippen molar-refractivity contribution in [3.63, 3.8) is 0 Å². The van der Waals surface area contributed by atoms with Gasteiger partial charge in [-0.25, -0.2) is 0 Å². The van der Waals surface area contributed by atoms with Gasteiger partial charge in [0.2, 0.25) is 0 Å². The predicted octanol–water partition coefficient (Wildman–Crippen LogP) is 16.2. The van der Waals surface area contributed by atoms with Crippen LogP contribution in [0.4, 0.5) is 17.1 Å². The summed E-state index contributed by atoms with van der Waals surface area (Å²) in [5.74, 6) is 0. The van der Waals surface area contributed by atoms with Crippen molar-refractivity contribution in [3.8, 4) is 39.1 Å². The third kappa shape index (κ3) is 5.73. The first-order valence-corrected chi connectivity index (χ1v) is 27.5. The Hall–Kier alpha value is -8.50.